The minimum atomic E-state index is -0.347. The van der Waals surface area contributed by atoms with Gasteiger partial charge in [-0.15, -0.1) is 0 Å². The fraction of sp³-hybridized carbons (Fsp3) is 0.900. The molecule has 0 heterocycles. The fourth-order valence-electron chi connectivity index (χ4n) is 1.90. The molecule has 2 aliphatic carbocycles. The highest BCUT2D eigenvalue weighted by Gasteiger charge is 2.35. The molecule has 0 radical (unpaired) electrons. The van der Waals surface area contributed by atoms with Crippen LogP contribution in [-0.2, 0) is 9.53 Å². The van der Waals surface area contributed by atoms with Gasteiger partial charge in [0.05, 0.1) is 0 Å². The lowest BCUT2D eigenvalue weighted by atomic mass is 10.2. The van der Waals surface area contributed by atoms with Gasteiger partial charge >= 0.3 is 5.97 Å². The molecule has 13 heavy (non-hydrogen) atoms. The maximum absolute atomic E-state index is 11.4. The molecule has 0 aromatic carbocycles. The maximum Gasteiger partial charge on any atom is 0.323 e. The highest BCUT2D eigenvalue weighted by molar-refractivity contribution is 5.76. The van der Waals surface area contributed by atoms with Gasteiger partial charge in [0.1, 0.15) is 12.1 Å². The van der Waals surface area contributed by atoms with Crippen molar-refractivity contribution in [3.8, 4) is 0 Å². The maximum atomic E-state index is 11.4. The summed E-state index contributed by atoms with van der Waals surface area (Å²) in [6, 6.07) is -0.347. The summed E-state index contributed by atoms with van der Waals surface area (Å²) in [5, 5.41) is 0. The Kier molecular flexibility index (Phi) is 2.54. The van der Waals surface area contributed by atoms with Crippen LogP contribution >= 0.6 is 0 Å². The molecular weight excluding hydrogens is 166 g/mol. The smallest absolute Gasteiger partial charge is 0.323 e. The Morgan fingerprint density at radius 2 is 1.85 bits per heavy atom. The Hall–Kier alpha value is -0.570. The molecule has 0 saturated heterocycles. The summed E-state index contributed by atoms with van der Waals surface area (Å²) < 4.78 is 5.31. The zero-order valence-corrected chi connectivity index (χ0v) is 7.87. The normalized spacial score (nSPS) is 25.9. The number of rotatable bonds is 3. The number of ether oxygens (including phenoxy) is 1. The van der Waals surface area contributed by atoms with Crippen molar-refractivity contribution in [3.63, 3.8) is 0 Å². The molecule has 0 bridgehead atoms. The van der Waals surface area contributed by atoms with Crippen molar-refractivity contribution in [1.29, 1.82) is 0 Å². The topological polar surface area (TPSA) is 52.3 Å². The van der Waals surface area contributed by atoms with E-state index in [9.17, 15) is 4.79 Å². The van der Waals surface area contributed by atoms with Crippen molar-refractivity contribution in [2.45, 2.75) is 50.7 Å². The molecule has 2 N–H and O–H groups in total. The molecule has 3 heteroatoms. The van der Waals surface area contributed by atoms with Crippen LogP contribution in [0.3, 0.4) is 0 Å². The first kappa shape index (κ1) is 9.00. The molecule has 0 aliphatic heterocycles. The Labute approximate surface area is 78.6 Å². The van der Waals surface area contributed by atoms with Gasteiger partial charge in [-0.05, 0) is 44.4 Å². The monoisotopic (exact) mass is 183 g/mol. The minimum absolute atomic E-state index is 0.164. The van der Waals surface area contributed by atoms with Gasteiger partial charge in [-0.25, -0.2) is 0 Å². The number of esters is 1. The lowest BCUT2D eigenvalue weighted by Crippen LogP contribution is -2.36. The molecule has 1 atom stereocenters. The number of carbonyl (C=O) groups excluding carboxylic acids is 1. The summed E-state index contributed by atoms with van der Waals surface area (Å²) in [5.74, 6) is 0.239. The van der Waals surface area contributed by atoms with Gasteiger partial charge < -0.3 is 10.5 Å². The predicted molar refractivity (Wildman–Crippen MR) is 49.0 cm³/mol. The van der Waals surface area contributed by atoms with Crippen LogP contribution in [0.5, 0.6) is 0 Å². The summed E-state index contributed by atoms with van der Waals surface area (Å²) in [4.78, 5) is 11.4. The lowest BCUT2D eigenvalue weighted by Gasteiger charge is -2.14. The average Bonchev–Trinajstić information content (AvgIpc) is 2.85. The summed E-state index contributed by atoms with van der Waals surface area (Å²) >= 11 is 0. The van der Waals surface area contributed by atoms with Crippen molar-refractivity contribution >= 4 is 5.97 Å². The van der Waals surface area contributed by atoms with Gasteiger partial charge in [-0.1, -0.05) is 0 Å². The van der Waals surface area contributed by atoms with E-state index >= 15 is 0 Å². The third kappa shape index (κ3) is 2.21. The summed E-state index contributed by atoms with van der Waals surface area (Å²) in [7, 11) is 0. The molecule has 3 nitrogen and oxygen atoms in total. The highest BCUT2D eigenvalue weighted by Crippen LogP contribution is 2.32. The van der Waals surface area contributed by atoms with E-state index in [4.69, 9.17) is 10.5 Å². The standard InChI is InChI=1S/C10H17NO2/c11-9(7-5-6-7)10(12)13-8-3-1-2-4-8/h7-9H,1-6,11H2/t9-/m0/s1. The Balaban J connectivity index is 1.76. The fourth-order valence-corrected chi connectivity index (χ4v) is 1.90. The van der Waals surface area contributed by atoms with Crippen LogP contribution < -0.4 is 5.73 Å². The molecular formula is C10H17NO2. The Morgan fingerprint density at radius 1 is 1.23 bits per heavy atom. The van der Waals surface area contributed by atoms with E-state index in [1.807, 2.05) is 0 Å². The van der Waals surface area contributed by atoms with Crippen molar-refractivity contribution < 1.29 is 9.53 Å². The zero-order chi connectivity index (χ0) is 9.26. The van der Waals surface area contributed by atoms with Crippen molar-refractivity contribution in [3.05, 3.63) is 0 Å². The first-order chi connectivity index (χ1) is 6.27. The quantitative estimate of drug-likeness (QED) is 0.669. The SMILES string of the molecule is N[C@H](C(=O)OC1CCCC1)C1CC1. The summed E-state index contributed by atoms with van der Waals surface area (Å²) in [6.07, 6.45) is 6.80. The average molecular weight is 183 g/mol. The minimum Gasteiger partial charge on any atom is -0.461 e. The lowest BCUT2D eigenvalue weighted by molar-refractivity contribution is -0.150. The number of hydrogen-bond acceptors (Lipinski definition) is 3. The number of hydrogen-bond donors (Lipinski definition) is 1. The van der Waals surface area contributed by atoms with Crippen LogP contribution in [0, 0.1) is 5.92 Å². The number of nitrogens with two attached hydrogens (primary N) is 1. The molecule has 0 spiro atoms. The summed E-state index contributed by atoms with van der Waals surface area (Å²) in [6.45, 7) is 0. The van der Waals surface area contributed by atoms with Crippen LogP contribution in [0.15, 0.2) is 0 Å². The molecule has 2 aliphatic rings. The van der Waals surface area contributed by atoms with Crippen molar-refractivity contribution in [2.75, 3.05) is 0 Å². The van der Waals surface area contributed by atoms with Crippen LogP contribution in [0.4, 0.5) is 0 Å². The first-order valence-corrected chi connectivity index (χ1v) is 5.23. The van der Waals surface area contributed by atoms with Gasteiger partial charge in [-0.3, -0.25) is 4.79 Å². The molecule has 2 saturated carbocycles. The Morgan fingerprint density at radius 3 is 2.38 bits per heavy atom. The van der Waals surface area contributed by atoms with E-state index in [-0.39, 0.29) is 18.1 Å². The van der Waals surface area contributed by atoms with E-state index in [2.05, 4.69) is 0 Å². The van der Waals surface area contributed by atoms with Crippen molar-refractivity contribution in [1.82, 2.24) is 0 Å². The van der Waals surface area contributed by atoms with Crippen LogP contribution in [-0.4, -0.2) is 18.1 Å². The van der Waals surface area contributed by atoms with Gasteiger partial charge in [0, 0.05) is 0 Å². The Bertz CT molecular complexity index is 195. The predicted octanol–water partition coefficient (Wildman–Crippen LogP) is 1.21. The summed E-state index contributed by atoms with van der Waals surface area (Å²) in [5.41, 5.74) is 5.73. The van der Waals surface area contributed by atoms with E-state index in [0.717, 1.165) is 25.7 Å². The first-order valence-electron chi connectivity index (χ1n) is 5.23. The van der Waals surface area contributed by atoms with Crippen LogP contribution in [0.2, 0.25) is 0 Å². The molecule has 0 unspecified atom stereocenters. The number of carbonyl (C=O) groups is 1. The van der Waals surface area contributed by atoms with Gasteiger partial charge in [0.15, 0.2) is 0 Å². The molecule has 0 aromatic rings. The van der Waals surface area contributed by atoms with Gasteiger partial charge in [0.2, 0.25) is 0 Å². The van der Waals surface area contributed by atoms with E-state index < -0.39 is 0 Å². The zero-order valence-electron chi connectivity index (χ0n) is 7.87. The van der Waals surface area contributed by atoms with E-state index in [0.29, 0.717) is 5.92 Å². The van der Waals surface area contributed by atoms with Crippen LogP contribution in [0.1, 0.15) is 38.5 Å². The van der Waals surface area contributed by atoms with Crippen LogP contribution in [0.25, 0.3) is 0 Å². The molecule has 2 rings (SSSR count). The molecule has 2 fully saturated rings. The van der Waals surface area contributed by atoms with E-state index in [1.165, 1.54) is 12.8 Å². The largest absolute Gasteiger partial charge is 0.461 e. The highest BCUT2D eigenvalue weighted by atomic mass is 16.5. The second kappa shape index (κ2) is 3.66. The molecule has 74 valence electrons. The van der Waals surface area contributed by atoms with Gasteiger partial charge in [-0.2, -0.15) is 0 Å². The van der Waals surface area contributed by atoms with E-state index in [1.54, 1.807) is 0 Å². The third-order valence-corrected chi connectivity index (χ3v) is 2.99. The third-order valence-electron chi connectivity index (χ3n) is 2.99. The van der Waals surface area contributed by atoms with Gasteiger partial charge in [0.25, 0.3) is 0 Å². The van der Waals surface area contributed by atoms with Crippen molar-refractivity contribution in [2.24, 2.45) is 11.7 Å². The molecule has 0 aromatic heterocycles. The molecule has 0 amide bonds. The second-order valence-electron chi connectivity index (χ2n) is 4.21. The second-order valence-corrected chi connectivity index (χ2v) is 4.21.